The second kappa shape index (κ2) is 7.67. The van der Waals surface area contributed by atoms with Gasteiger partial charge < -0.3 is 9.73 Å². The molecule has 0 bridgehead atoms. The van der Waals surface area contributed by atoms with Crippen LogP contribution in [0.15, 0.2) is 64.9 Å². The predicted molar refractivity (Wildman–Crippen MR) is 114 cm³/mol. The molecule has 0 spiro atoms. The van der Waals surface area contributed by atoms with E-state index >= 15 is 0 Å². The van der Waals surface area contributed by atoms with Crippen molar-refractivity contribution in [3.05, 3.63) is 77.3 Å². The second-order valence-corrected chi connectivity index (χ2v) is 8.73. The van der Waals surface area contributed by atoms with E-state index in [1.54, 1.807) is 16.9 Å². The van der Waals surface area contributed by atoms with Crippen molar-refractivity contribution in [2.45, 2.75) is 32.7 Å². The Labute approximate surface area is 173 Å². The highest BCUT2D eigenvalue weighted by molar-refractivity contribution is 7.13. The van der Waals surface area contributed by atoms with Gasteiger partial charge in [-0.15, -0.1) is 11.3 Å². The van der Waals surface area contributed by atoms with Gasteiger partial charge in [0.25, 0.3) is 5.91 Å². The average molecular weight is 407 g/mol. The highest BCUT2D eigenvalue weighted by Crippen LogP contribution is 2.28. The van der Waals surface area contributed by atoms with Crippen molar-refractivity contribution in [3.63, 3.8) is 0 Å². The van der Waals surface area contributed by atoms with Crippen molar-refractivity contribution < 1.29 is 9.21 Å². The van der Waals surface area contributed by atoms with Crippen LogP contribution in [0.4, 0.5) is 5.82 Å². The van der Waals surface area contributed by atoms with Crippen LogP contribution < -0.4 is 5.32 Å². The molecule has 3 heterocycles. The molecule has 1 N–H and O–H groups in total. The lowest BCUT2D eigenvalue weighted by molar-refractivity contribution is 0.102. The van der Waals surface area contributed by atoms with Crippen LogP contribution in [0.2, 0.25) is 0 Å². The maximum atomic E-state index is 12.8. The number of aromatic nitrogens is 3. The quantitative estimate of drug-likeness (QED) is 0.494. The molecule has 0 radical (unpaired) electrons. The van der Waals surface area contributed by atoms with Gasteiger partial charge >= 0.3 is 0 Å². The maximum absolute atomic E-state index is 12.8. The fraction of sp³-hybridized carbons (Fsp3) is 0.227. The van der Waals surface area contributed by atoms with E-state index in [4.69, 9.17) is 4.42 Å². The fourth-order valence-corrected chi connectivity index (χ4v) is 3.73. The van der Waals surface area contributed by atoms with Crippen molar-refractivity contribution in [3.8, 4) is 10.6 Å². The molecule has 0 aliphatic heterocycles. The summed E-state index contributed by atoms with van der Waals surface area (Å²) in [7, 11) is 0. The zero-order valence-corrected chi connectivity index (χ0v) is 17.4. The number of rotatable bonds is 5. The number of oxazole rings is 1. The second-order valence-electron chi connectivity index (χ2n) is 7.78. The number of thiophene rings is 1. The minimum atomic E-state index is -0.327. The van der Waals surface area contributed by atoms with E-state index < -0.39 is 0 Å². The van der Waals surface area contributed by atoms with Gasteiger partial charge in [0.15, 0.2) is 17.8 Å². The van der Waals surface area contributed by atoms with Gasteiger partial charge in [0, 0.05) is 6.07 Å². The van der Waals surface area contributed by atoms with Crippen LogP contribution in [-0.2, 0) is 12.0 Å². The lowest BCUT2D eigenvalue weighted by Gasteiger charge is -2.19. The molecular weight excluding hydrogens is 384 g/mol. The van der Waals surface area contributed by atoms with Gasteiger partial charge in [-0.3, -0.25) is 4.79 Å². The van der Waals surface area contributed by atoms with Gasteiger partial charge in [-0.2, -0.15) is 5.10 Å². The molecule has 1 aromatic carbocycles. The third-order valence-electron chi connectivity index (χ3n) is 4.64. The summed E-state index contributed by atoms with van der Waals surface area (Å²) in [4.78, 5) is 17.7. The first-order chi connectivity index (χ1) is 13.9. The molecule has 0 aliphatic carbocycles. The number of anilines is 1. The number of hydrogen-bond acceptors (Lipinski definition) is 5. The summed E-state index contributed by atoms with van der Waals surface area (Å²) in [5.41, 5.74) is 2.76. The molecular formula is C22H22N4O2S. The van der Waals surface area contributed by atoms with E-state index in [1.807, 2.05) is 17.5 Å². The lowest BCUT2D eigenvalue weighted by Crippen LogP contribution is -2.17. The number of hydrogen-bond donors (Lipinski definition) is 1. The first-order valence-electron chi connectivity index (χ1n) is 9.32. The molecule has 0 fully saturated rings. The molecule has 0 atom stereocenters. The largest absolute Gasteiger partial charge is 0.442 e. The normalized spacial score (nSPS) is 11.6. The van der Waals surface area contributed by atoms with Crippen molar-refractivity contribution in [2.75, 3.05) is 5.32 Å². The van der Waals surface area contributed by atoms with E-state index in [9.17, 15) is 4.79 Å². The molecule has 0 unspecified atom stereocenters. The summed E-state index contributed by atoms with van der Waals surface area (Å²) in [6, 6.07) is 14.0. The van der Waals surface area contributed by atoms with Crippen LogP contribution in [-0.4, -0.2) is 20.7 Å². The first kappa shape index (κ1) is 19.1. The van der Waals surface area contributed by atoms with E-state index in [0.29, 0.717) is 18.1 Å². The Morgan fingerprint density at radius 2 is 1.97 bits per heavy atom. The Morgan fingerprint density at radius 1 is 1.17 bits per heavy atom. The molecule has 3 aromatic heterocycles. The molecule has 0 saturated heterocycles. The van der Waals surface area contributed by atoms with Gasteiger partial charge in [-0.1, -0.05) is 51.1 Å². The zero-order chi connectivity index (χ0) is 20.4. The Morgan fingerprint density at radius 3 is 2.66 bits per heavy atom. The molecule has 1 amide bonds. The third-order valence-corrected chi connectivity index (χ3v) is 5.51. The topological polar surface area (TPSA) is 73.0 Å². The third kappa shape index (κ3) is 4.14. The van der Waals surface area contributed by atoms with Crippen molar-refractivity contribution in [1.29, 1.82) is 0 Å². The van der Waals surface area contributed by atoms with Gasteiger partial charge in [-0.05, 0) is 28.0 Å². The highest BCUT2D eigenvalue weighted by Gasteiger charge is 2.20. The van der Waals surface area contributed by atoms with Crippen LogP contribution in [0.25, 0.3) is 10.6 Å². The zero-order valence-electron chi connectivity index (χ0n) is 16.5. The number of carbonyl (C=O) groups excluding carboxylic acids is 1. The SMILES string of the molecule is CC(C)(C)c1ccc(Cn2nccc2NC(=O)c2ncoc2-c2cccs2)cc1. The molecule has 7 heteroatoms. The standard InChI is InChI=1S/C22H22N4O2S/c1-22(2,3)16-8-6-15(7-9-16)13-26-18(10-11-24-26)25-21(27)19-20(28-14-23-19)17-5-4-12-29-17/h4-12,14H,13H2,1-3H3,(H,25,27). The van der Waals surface area contributed by atoms with E-state index in [-0.39, 0.29) is 17.0 Å². The van der Waals surface area contributed by atoms with Crippen LogP contribution in [0, 0.1) is 0 Å². The Hall–Kier alpha value is -3.19. The molecule has 148 valence electrons. The number of nitrogens with one attached hydrogen (secondary N) is 1. The fourth-order valence-electron chi connectivity index (χ4n) is 3.01. The van der Waals surface area contributed by atoms with E-state index in [2.05, 4.69) is 60.4 Å². The number of nitrogens with zero attached hydrogens (tertiary/aromatic N) is 3. The van der Waals surface area contributed by atoms with Gasteiger partial charge in [0.2, 0.25) is 0 Å². The van der Waals surface area contributed by atoms with Crippen molar-refractivity contribution in [1.82, 2.24) is 14.8 Å². The maximum Gasteiger partial charge on any atom is 0.279 e. The molecule has 4 rings (SSSR count). The van der Waals surface area contributed by atoms with Crippen LogP contribution in [0.5, 0.6) is 0 Å². The Balaban J connectivity index is 1.50. The smallest absolute Gasteiger partial charge is 0.279 e. The van der Waals surface area contributed by atoms with Crippen LogP contribution in [0.3, 0.4) is 0 Å². The van der Waals surface area contributed by atoms with Crippen LogP contribution >= 0.6 is 11.3 Å². The van der Waals surface area contributed by atoms with E-state index in [1.165, 1.54) is 23.3 Å². The minimum Gasteiger partial charge on any atom is -0.442 e. The molecule has 29 heavy (non-hydrogen) atoms. The summed E-state index contributed by atoms with van der Waals surface area (Å²) >= 11 is 1.50. The molecule has 4 aromatic rings. The van der Waals surface area contributed by atoms with Crippen molar-refractivity contribution in [2.24, 2.45) is 0 Å². The van der Waals surface area contributed by atoms with Crippen molar-refractivity contribution >= 4 is 23.1 Å². The van der Waals surface area contributed by atoms with Gasteiger partial charge in [-0.25, -0.2) is 9.67 Å². The minimum absolute atomic E-state index is 0.112. The first-order valence-corrected chi connectivity index (χ1v) is 10.2. The highest BCUT2D eigenvalue weighted by atomic mass is 32.1. The van der Waals surface area contributed by atoms with Crippen LogP contribution in [0.1, 0.15) is 42.4 Å². The number of amides is 1. The summed E-state index contributed by atoms with van der Waals surface area (Å²) in [6.45, 7) is 7.14. The summed E-state index contributed by atoms with van der Waals surface area (Å²) in [5.74, 6) is 0.753. The molecule has 0 saturated carbocycles. The number of carbonyl (C=O) groups is 1. The average Bonchev–Trinajstić information content (AvgIpc) is 3.43. The monoisotopic (exact) mass is 406 g/mol. The lowest BCUT2D eigenvalue weighted by atomic mass is 9.87. The summed E-state index contributed by atoms with van der Waals surface area (Å²) in [5, 5.41) is 9.17. The predicted octanol–water partition coefficient (Wildman–Crippen LogP) is 5.20. The Bertz CT molecular complexity index is 1100. The Kier molecular flexibility index (Phi) is 5.07. The summed E-state index contributed by atoms with van der Waals surface area (Å²) < 4.78 is 7.19. The van der Waals surface area contributed by atoms with Gasteiger partial charge in [0.05, 0.1) is 17.6 Å². The van der Waals surface area contributed by atoms with E-state index in [0.717, 1.165) is 10.4 Å². The number of benzene rings is 1. The molecule has 6 nitrogen and oxygen atoms in total. The van der Waals surface area contributed by atoms with Gasteiger partial charge in [0.1, 0.15) is 5.82 Å². The molecule has 0 aliphatic rings. The summed E-state index contributed by atoms with van der Waals surface area (Å²) in [6.07, 6.45) is 2.96.